The van der Waals surface area contributed by atoms with Crippen LogP contribution < -0.4 is 10.4 Å². The first kappa shape index (κ1) is 48.2. The third kappa shape index (κ3) is 13.1. The van der Waals surface area contributed by atoms with Crippen LogP contribution in [0.2, 0.25) is 5.04 Å². The fraction of sp³-hybridized carbons (Fsp3) is 0.471. The molecule has 0 unspecified atom stereocenters. The molecule has 0 amide bonds. The van der Waals surface area contributed by atoms with Crippen molar-refractivity contribution in [3.8, 4) is 11.3 Å². The summed E-state index contributed by atoms with van der Waals surface area (Å²) in [7, 11) is -3.04. The number of ether oxygens (including phenoxy) is 5. The van der Waals surface area contributed by atoms with Gasteiger partial charge in [-0.25, -0.2) is 9.48 Å². The van der Waals surface area contributed by atoms with Crippen LogP contribution in [0.15, 0.2) is 128 Å². The van der Waals surface area contributed by atoms with E-state index in [0.29, 0.717) is 12.3 Å². The number of aromatic nitrogens is 3. The van der Waals surface area contributed by atoms with Crippen LogP contribution in [0.25, 0.3) is 11.3 Å². The highest BCUT2D eigenvalue weighted by molar-refractivity contribution is 7.99. The Labute approximate surface area is 380 Å². The lowest BCUT2D eigenvalue weighted by Crippen LogP contribution is -2.68. The monoisotopic (exact) mass is 893 g/mol. The molecule has 1 aliphatic heterocycles. The van der Waals surface area contributed by atoms with Crippen LogP contribution in [-0.4, -0.2) is 78.0 Å². The molecule has 0 saturated carbocycles. The summed E-state index contributed by atoms with van der Waals surface area (Å²) in [5, 5.41) is 11.4. The fourth-order valence-electron chi connectivity index (χ4n) is 8.26. The molecule has 0 spiro atoms. The molecule has 12 heteroatoms. The Morgan fingerprint density at radius 3 is 1.95 bits per heavy atom. The predicted molar refractivity (Wildman–Crippen MR) is 255 cm³/mol. The highest BCUT2D eigenvalue weighted by atomic mass is 32.2. The van der Waals surface area contributed by atoms with Gasteiger partial charge in [-0.2, -0.15) is 0 Å². The SMILES string of the molecule is CCCCCCCCS[C@@H]1O[C@H](CO[Si](c2ccccc2)(c2ccccc2)C(C)(C)C)[C@H](n2cc(-c3ccccc3)nn2)[C@H](OCOCc2ccccc2)[C@H]1OC(=O)OC(C)(C)C. The summed E-state index contributed by atoms with van der Waals surface area (Å²) in [6, 6.07) is 40.4. The first-order chi connectivity index (χ1) is 30.4. The molecule has 5 atom stereocenters. The van der Waals surface area contributed by atoms with E-state index in [2.05, 4.69) is 81.3 Å². The number of carbonyl (C=O) groups is 1. The van der Waals surface area contributed by atoms with Gasteiger partial charge in [0, 0.05) is 5.56 Å². The van der Waals surface area contributed by atoms with E-state index in [0.717, 1.165) is 40.1 Å². The molecule has 1 fully saturated rings. The first-order valence-electron chi connectivity index (χ1n) is 22.5. The number of rotatable bonds is 21. The molecule has 1 aliphatic rings. The molecule has 0 aliphatic carbocycles. The molecule has 338 valence electrons. The minimum absolute atomic E-state index is 0.0818. The second kappa shape index (κ2) is 23.1. The second-order valence-electron chi connectivity index (χ2n) is 18.2. The molecular weight excluding hydrogens is 827 g/mol. The molecule has 0 radical (unpaired) electrons. The van der Waals surface area contributed by atoms with Crippen LogP contribution in [0.1, 0.15) is 98.6 Å². The Morgan fingerprint density at radius 2 is 1.35 bits per heavy atom. The van der Waals surface area contributed by atoms with Gasteiger partial charge in [-0.3, -0.25) is 0 Å². The minimum atomic E-state index is -3.04. The van der Waals surface area contributed by atoms with Gasteiger partial charge in [-0.15, -0.1) is 16.9 Å². The van der Waals surface area contributed by atoms with E-state index < -0.39 is 49.9 Å². The summed E-state index contributed by atoms with van der Waals surface area (Å²) in [4.78, 5) is 13.8. The van der Waals surface area contributed by atoms with Gasteiger partial charge < -0.3 is 28.1 Å². The molecule has 1 saturated heterocycles. The molecular formula is C51H67N3O7SSi. The molecule has 6 rings (SSSR count). The lowest BCUT2D eigenvalue weighted by atomic mass is 9.97. The highest BCUT2D eigenvalue weighted by Crippen LogP contribution is 2.42. The van der Waals surface area contributed by atoms with Crippen molar-refractivity contribution in [1.29, 1.82) is 0 Å². The largest absolute Gasteiger partial charge is 0.509 e. The standard InChI is InChI=1S/C51H67N3O7SSi/c1-8-9-10-11-12-25-34-62-48-47(60-49(55)61-50(2,3)4)46(57-38-56-36-39-26-17-13-18-27-39)45(54-35-43(52-53-54)40-28-19-14-20-29-40)44(59-48)37-58-63(51(5,6)7,41-30-21-15-22-31-41)42-32-23-16-24-33-42/h13-24,26-33,35,44-48H,8-12,25,34,36-38H2,1-7H3/t44-,45+,46+,47-,48+/m1/s1. The summed E-state index contributed by atoms with van der Waals surface area (Å²) >= 11 is 1.64. The maximum atomic E-state index is 13.8. The Morgan fingerprint density at radius 1 is 0.762 bits per heavy atom. The van der Waals surface area contributed by atoms with Gasteiger partial charge in [0.1, 0.15) is 41.8 Å². The molecule has 4 aromatic carbocycles. The van der Waals surface area contributed by atoms with Crippen LogP contribution in [-0.2, 0) is 34.7 Å². The molecule has 2 heterocycles. The average molecular weight is 894 g/mol. The van der Waals surface area contributed by atoms with Crippen LogP contribution in [0.5, 0.6) is 0 Å². The summed E-state index contributed by atoms with van der Waals surface area (Å²) in [6.07, 6.45) is 5.68. The van der Waals surface area contributed by atoms with Crippen molar-refractivity contribution in [2.75, 3.05) is 19.2 Å². The van der Waals surface area contributed by atoms with E-state index in [4.69, 9.17) is 33.3 Å². The van der Waals surface area contributed by atoms with Crippen molar-refractivity contribution in [3.05, 3.63) is 133 Å². The zero-order valence-corrected chi connectivity index (χ0v) is 40.0. The Bertz CT molecular complexity index is 2040. The topological polar surface area (TPSA) is 103 Å². The van der Waals surface area contributed by atoms with Crippen LogP contribution >= 0.6 is 11.8 Å². The number of hydrogen-bond acceptors (Lipinski definition) is 10. The van der Waals surface area contributed by atoms with Crippen LogP contribution in [0.3, 0.4) is 0 Å². The van der Waals surface area contributed by atoms with Gasteiger partial charge >= 0.3 is 6.16 Å². The number of benzene rings is 4. The quantitative estimate of drug-likeness (QED) is 0.0306. The number of nitrogens with zero attached hydrogens (tertiary/aromatic N) is 3. The zero-order chi connectivity index (χ0) is 44.7. The Balaban J connectivity index is 1.43. The van der Waals surface area contributed by atoms with Crippen LogP contribution in [0.4, 0.5) is 4.79 Å². The van der Waals surface area contributed by atoms with Crippen molar-refractivity contribution < 1.29 is 32.9 Å². The number of hydrogen-bond donors (Lipinski definition) is 0. The Kier molecular flexibility index (Phi) is 17.6. The van der Waals surface area contributed by atoms with Crippen molar-refractivity contribution in [2.45, 2.75) is 134 Å². The Hall–Kier alpha value is -4.30. The van der Waals surface area contributed by atoms with Crippen LogP contribution in [0, 0.1) is 0 Å². The third-order valence-corrected chi connectivity index (χ3v) is 17.5. The molecule has 1 aromatic heterocycles. The van der Waals surface area contributed by atoms with E-state index in [1.54, 1.807) is 16.4 Å². The normalized spacial score (nSPS) is 19.4. The molecule has 5 aromatic rings. The molecule has 0 bridgehead atoms. The summed E-state index contributed by atoms with van der Waals surface area (Å²) < 4.78 is 41.9. The van der Waals surface area contributed by atoms with E-state index in [9.17, 15) is 4.79 Å². The van der Waals surface area contributed by atoms with E-state index in [1.807, 2.05) is 99.8 Å². The summed E-state index contributed by atoms with van der Waals surface area (Å²) in [6.45, 7) is 14.9. The summed E-state index contributed by atoms with van der Waals surface area (Å²) in [5.41, 5.74) is 1.20. The van der Waals surface area contributed by atoms with Gasteiger partial charge in [0.15, 0.2) is 6.10 Å². The van der Waals surface area contributed by atoms with Gasteiger partial charge in [0.25, 0.3) is 8.32 Å². The van der Waals surface area contributed by atoms with Gasteiger partial charge in [-0.1, -0.05) is 186 Å². The number of unbranched alkanes of at least 4 members (excludes halogenated alkanes) is 5. The lowest BCUT2D eigenvalue weighted by Gasteiger charge is -2.48. The third-order valence-electron chi connectivity index (χ3n) is 11.2. The fourth-order valence-corrected chi connectivity index (χ4v) is 14.1. The molecule has 0 N–H and O–H groups in total. The number of carbonyl (C=O) groups excluding carboxylic acids is 1. The maximum Gasteiger partial charge on any atom is 0.509 e. The first-order valence-corrected chi connectivity index (χ1v) is 25.5. The lowest BCUT2D eigenvalue weighted by molar-refractivity contribution is -0.223. The average Bonchev–Trinajstić information content (AvgIpc) is 3.76. The number of thioether (sulfide) groups is 1. The van der Waals surface area contributed by atoms with Crippen molar-refractivity contribution in [2.24, 2.45) is 0 Å². The maximum absolute atomic E-state index is 13.8. The smallest absolute Gasteiger partial charge is 0.429 e. The van der Waals surface area contributed by atoms with E-state index in [1.165, 1.54) is 25.7 Å². The van der Waals surface area contributed by atoms with E-state index >= 15 is 0 Å². The van der Waals surface area contributed by atoms with Gasteiger partial charge in [-0.05, 0) is 53.9 Å². The minimum Gasteiger partial charge on any atom is -0.429 e. The highest BCUT2D eigenvalue weighted by Gasteiger charge is 2.54. The zero-order valence-electron chi connectivity index (χ0n) is 38.2. The van der Waals surface area contributed by atoms with Crippen molar-refractivity contribution >= 4 is 36.6 Å². The second-order valence-corrected chi connectivity index (χ2v) is 23.7. The van der Waals surface area contributed by atoms with Crippen molar-refractivity contribution in [1.82, 2.24) is 15.0 Å². The van der Waals surface area contributed by atoms with Crippen molar-refractivity contribution in [3.63, 3.8) is 0 Å². The van der Waals surface area contributed by atoms with E-state index in [-0.39, 0.29) is 18.4 Å². The molecule has 10 nitrogen and oxygen atoms in total. The molecule has 63 heavy (non-hydrogen) atoms. The van der Waals surface area contributed by atoms with Gasteiger partial charge in [0.2, 0.25) is 0 Å². The summed E-state index contributed by atoms with van der Waals surface area (Å²) in [5.74, 6) is 0.802. The van der Waals surface area contributed by atoms with Gasteiger partial charge in [0.05, 0.1) is 19.4 Å². The predicted octanol–water partition coefficient (Wildman–Crippen LogP) is 10.8.